The van der Waals surface area contributed by atoms with Gasteiger partial charge in [0.05, 0.1) is 35.5 Å². The maximum atomic E-state index is 15.4. The van der Waals surface area contributed by atoms with Crippen LogP contribution < -0.4 is 19.5 Å². The van der Waals surface area contributed by atoms with E-state index in [2.05, 4.69) is 25.3 Å². The number of methoxy groups -OCH3 is 2. The maximum absolute atomic E-state index is 15.4. The van der Waals surface area contributed by atoms with Gasteiger partial charge in [-0.3, -0.25) is 4.98 Å². The molecule has 10 nitrogen and oxygen atoms in total. The molecule has 6 aromatic rings. The lowest BCUT2D eigenvalue weighted by atomic mass is 10.0. The van der Waals surface area contributed by atoms with Crippen LogP contribution in [0.3, 0.4) is 0 Å². The first-order valence-electron chi connectivity index (χ1n) is 13.4. The molecule has 3 aromatic carbocycles. The van der Waals surface area contributed by atoms with Gasteiger partial charge in [-0.25, -0.2) is 23.7 Å². The SMILES string of the molecule is COCCOc1cc2ncnc(Oc3ccc(Nc4nccc5ncc(-c6ccc(F)cc6)c(O)c45)cc3F)c2cc1OC. The van der Waals surface area contributed by atoms with E-state index in [0.717, 1.165) is 0 Å². The summed E-state index contributed by atoms with van der Waals surface area (Å²) in [5.41, 5.74) is 2.28. The second-order valence-electron chi connectivity index (χ2n) is 9.49. The van der Waals surface area contributed by atoms with Crippen LogP contribution in [-0.2, 0) is 4.74 Å². The second-order valence-corrected chi connectivity index (χ2v) is 9.49. The third kappa shape index (κ3) is 5.70. The molecule has 3 aromatic heterocycles. The maximum Gasteiger partial charge on any atom is 0.230 e. The number of pyridine rings is 2. The lowest BCUT2D eigenvalue weighted by molar-refractivity contribution is 0.144. The van der Waals surface area contributed by atoms with Crippen molar-refractivity contribution in [2.75, 3.05) is 32.8 Å². The molecule has 0 fully saturated rings. The molecule has 0 spiro atoms. The molecular weight excluding hydrogens is 572 g/mol. The normalized spacial score (nSPS) is 11.1. The fraction of sp³-hybridized carbons (Fsp3) is 0.125. The van der Waals surface area contributed by atoms with Gasteiger partial charge in [0.15, 0.2) is 23.1 Å². The summed E-state index contributed by atoms with van der Waals surface area (Å²) in [6, 6.07) is 14.9. The average molecular weight is 598 g/mol. The van der Waals surface area contributed by atoms with Gasteiger partial charge in [-0.15, -0.1) is 0 Å². The van der Waals surface area contributed by atoms with Gasteiger partial charge in [0.25, 0.3) is 0 Å². The number of halogens is 2. The van der Waals surface area contributed by atoms with E-state index < -0.39 is 11.6 Å². The first-order valence-corrected chi connectivity index (χ1v) is 13.4. The highest BCUT2D eigenvalue weighted by atomic mass is 19.1. The minimum atomic E-state index is -0.678. The number of aromatic hydroxyl groups is 1. The summed E-state index contributed by atoms with van der Waals surface area (Å²) in [6.45, 7) is 0.716. The predicted octanol–water partition coefficient (Wildman–Crippen LogP) is 6.79. The molecule has 0 unspecified atom stereocenters. The van der Waals surface area contributed by atoms with Crippen LogP contribution in [0.2, 0.25) is 0 Å². The molecule has 6 rings (SSSR count). The molecule has 0 atom stereocenters. The average Bonchev–Trinajstić information content (AvgIpc) is 3.03. The molecule has 3 heterocycles. The van der Waals surface area contributed by atoms with E-state index in [1.54, 1.807) is 43.5 Å². The molecule has 0 saturated carbocycles. The van der Waals surface area contributed by atoms with Crippen molar-refractivity contribution in [3.63, 3.8) is 0 Å². The molecule has 222 valence electrons. The van der Waals surface area contributed by atoms with Crippen molar-refractivity contribution in [2.24, 2.45) is 0 Å². The van der Waals surface area contributed by atoms with E-state index >= 15 is 4.39 Å². The van der Waals surface area contributed by atoms with Crippen LogP contribution in [0.15, 0.2) is 79.4 Å². The monoisotopic (exact) mass is 597 g/mol. The van der Waals surface area contributed by atoms with E-state index in [9.17, 15) is 9.50 Å². The number of rotatable bonds is 10. The van der Waals surface area contributed by atoms with Crippen molar-refractivity contribution in [1.29, 1.82) is 0 Å². The highest BCUT2D eigenvalue weighted by molar-refractivity contribution is 6.00. The molecule has 0 aliphatic carbocycles. The number of benzene rings is 3. The van der Waals surface area contributed by atoms with Crippen molar-refractivity contribution in [3.8, 4) is 40.0 Å². The van der Waals surface area contributed by atoms with Gasteiger partial charge in [-0.05, 0) is 42.0 Å². The zero-order valence-corrected chi connectivity index (χ0v) is 23.5. The summed E-state index contributed by atoms with van der Waals surface area (Å²) in [7, 11) is 3.08. The van der Waals surface area contributed by atoms with Gasteiger partial charge in [-0.1, -0.05) is 12.1 Å². The standard InChI is InChI=1S/C32H25F2N5O5/c1-41-11-12-43-28-15-25-21(14-27(28)42-2)32(38-17-37-25)44-26-8-7-20(13-23(26)34)39-31-29-24(9-10-35-31)36-16-22(30(29)40)18-3-5-19(33)6-4-18/h3-10,13-17H,11-12H2,1-2H3,(H,35,39)(H,36,40). The van der Waals surface area contributed by atoms with E-state index in [1.807, 2.05) is 0 Å². The van der Waals surface area contributed by atoms with Crippen LogP contribution in [0.25, 0.3) is 32.9 Å². The smallest absolute Gasteiger partial charge is 0.230 e. The lowest BCUT2D eigenvalue weighted by Crippen LogP contribution is -2.05. The van der Waals surface area contributed by atoms with Crippen LogP contribution in [0, 0.1) is 11.6 Å². The summed E-state index contributed by atoms with van der Waals surface area (Å²) < 4.78 is 50.9. The Bertz CT molecular complexity index is 1970. The van der Waals surface area contributed by atoms with Crippen molar-refractivity contribution in [3.05, 3.63) is 91.0 Å². The number of anilines is 2. The van der Waals surface area contributed by atoms with E-state index in [-0.39, 0.29) is 23.2 Å². The Morgan fingerprint density at radius 3 is 2.43 bits per heavy atom. The molecule has 0 aliphatic rings. The lowest BCUT2D eigenvalue weighted by Gasteiger charge is -2.14. The molecule has 12 heteroatoms. The van der Waals surface area contributed by atoms with Crippen molar-refractivity contribution in [2.45, 2.75) is 0 Å². The van der Waals surface area contributed by atoms with Gasteiger partial charge in [0.1, 0.15) is 30.3 Å². The number of aromatic nitrogens is 4. The van der Waals surface area contributed by atoms with E-state index in [4.69, 9.17) is 18.9 Å². The fourth-order valence-corrected chi connectivity index (χ4v) is 4.59. The van der Waals surface area contributed by atoms with Gasteiger partial charge in [-0.2, -0.15) is 0 Å². The van der Waals surface area contributed by atoms with Gasteiger partial charge in [0, 0.05) is 42.9 Å². The number of fused-ring (bicyclic) bond motifs is 2. The van der Waals surface area contributed by atoms with Crippen molar-refractivity contribution < 1.29 is 32.8 Å². The van der Waals surface area contributed by atoms with Crippen LogP contribution in [0.4, 0.5) is 20.3 Å². The first-order chi connectivity index (χ1) is 21.4. The Hall–Kier alpha value is -5.62. The van der Waals surface area contributed by atoms with Crippen LogP contribution >= 0.6 is 0 Å². The molecule has 0 saturated heterocycles. The number of hydrogen-bond acceptors (Lipinski definition) is 10. The van der Waals surface area contributed by atoms with Crippen LogP contribution in [-0.4, -0.2) is 52.5 Å². The number of nitrogens with zero attached hydrogens (tertiary/aromatic N) is 4. The Kier molecular flexibility index (Phi) is 7.98. The fourth-order valence-electron chi connectivity index (χ4n) is 4.59. The molecule has 0 radical (unpaired) electrons. The highest BCUT2D eigenvalue weighted by Crippen LogP contribution is 2.40. The Morgan fingerprint density at radius 2 is 1.66 bits per heavy atom. The quantitative estimate of drug-likeness (QED) is 0.163. The summed E-state index contributed by atoms with van der Waals surface area (Å²) in [4.78, 5) is 17.2. The summed E-state index contributed by atoms with van der Waals surface area (Å²) >= 11 is 0. The third-order valence-electron chi connectivity index (χ3n) is 6.74. The molecule has 2 N–H and O–H groups in total. The van der Waals surface area contributed by atoms with E-state index in [1.165, 1.54) is 50.1 Å². The topological polar surface area (TPSA) is 121 Å². The molecular formula is C32H25F2N5O5. The molecule has 44 heavy (non-hydrogen) atoms. The minimum Gasteiger partial charge on any atom is -0.506 e. The van der Waals surface area contributed by atoms with Crippen LogP contribution in [0.1, 0.15) is 0 Å². The van der Waals surface area contributed by atoms with E-state index in [0.29, 0.717) is 63.3 Å². The largest absolute Gasteiger partial charge is 0.506 e. The van der Waals surface area contributed by atoms with Crippen molar-refractivity contribution in [1.82, 2.24) is 19.9 Å². The number of ether oxygens (including phenoxy) is 4. The molecule has 0 amide bonds. The predicted molar refractivity (Wildman–Crippen MR) is 160 cm³/mol. The summed E-state index contributed by atoms with van der Waals surface area (Å²) in [5, 5.41) is 15.0. The van der Waals surface area contributed by atoms with Gasteiger partial charge in [0.2, 0.25) is 5.88 Å². The molecule has 0 aliphatic heterocycles. The zero-order valence-electron chi connectivity index (χ0n) is 23.5. The van der Waals surface area contributed by atoms with Gasteiger partial charge >= 0.3 is 0 Å². The summed E-state index contributed by atoms with van der Waals surface area (Å²) in [5.74, 6) is 0.0131. The minimum absolute atomic E-state index is 0.0797. The Morgan fingerprint density at radius 1 is 0.818 bits per heavy atom. The zero-order chi connectivity index (χ0) is 30.6. The number of nitrogens with one attached hydrogen (secondary N) is 1. The van der Waals surface area contributed by atoms with Crippen LogP contribution in [0.5, 0.6) is 28.9 Å². The Labute approximate surface area is 249 Å². The number of hydrogen-bond donors (Lipinski definition) is 2. The third-order valence-corrected chi connectivity index (χ3v) is 6.74. The van der Waals surface area contributed by atoms with Crippen molar-refractivity contribution >= 4 is 33.3 Å². The Balaban J connectivity index is 1.28. The molecule has 0 bridgehead atoms. The first kappa shape index (κ1) is 28.5. The highest BCUT2D eigenvalue weighted by Gasteiger charge is 2.17. The van der Waals surface area contributed by atoms with Gasteiger partial charge < -0.3 is 29.4 Å². The second kappa shape index (κ2) is 12.3. The summed E-state index contributed by atoms with van der Waals surface area (Å²) in [6.07, 6.45) is 4.33.